The zero-order valence-corrected chi connectivity index (χ0v) is 14.8. The zero-order chi connectivity index (χ0) is 15.8. The van der Waals surface area contributed by atoms with Crippen LogP contribution in [0.1, 0.15) is 32.6 Å². The number of nitrogens with one attached hydrogen (secondary N) is 2. The SMILES string of the molecule is COCC1CN(C)C2CCCN(CCCCNC(C)CN1)C2. The Bertz CT molecular complexity index is 302. The van der Waals surface area contributed by atoms with Crippen molar-refractivity contribution in [2.45, 2.75) is 50.7 Å². The Morgan fingerprint density at radius 3 is 2.73 bits per heavy atom. The number of piperidine rings is 1. The van der Waals surface area contributed by atoms with Gasteiger partial charge in [0.25, 0.3) is 0 Å². The van der Waals surface area contributed by atoms with E-state index >= 15 is 0 Å². The Labute approximate surface area is 136 Å². The van der Waals surface area contributed by atoms with Crippen LogP contribution in [0.2, 0.25) is 0 Å². The second kappa shape index (κ2) is 9.83. The minimum atomic E-state index is 0.414. The minimum Gasteiger partial charge on any atom is -0.383 e. The van der Waals surface area contributed by atoms with E-state index in [1.807, 2.05) is 0 Å². The van der Waals surface area contributed by atoms with Crippen LogP contribution in [0.15, 0.2) is 0 Å². The van der Waals surface area contributed by atoms with E-state index < -0.39 is 0 Å². The molecule has 2 fully saturated rings. The van der Waals surface area contributed by atoms with Crippen LogP contribution in [0, 0.1) is 0 Å². The molecule has 2 N–H and O–H groups in total. The number of nitrogens with zero attached hydrogens (tertiary/aromatic N) is 2. The Kier molecular flexibility index (Phi) is 8.11. The van der Waals surface area contributed by atoms with Gasteiger partial charge in [-0.2, -0.15) is 0 Å². The van der Waals surface area contributed by atoms with E-state index in [0.717, 1.165) is 26.2 Å². The molecule has 2 rings (SSSR count). The Morgan fingerprint density at radius 2 is 1.91 bits per heavy atom. The molecule has 2 saturated heterocycles. The molecule has 2 aliphatic rings. The van der Waals surface area contributed by atoms with E-state index in [9.17, 15) is 0 Å². The maximum absolute atomic E-state index is 5.42. The topological polar surface area (TPSA) is 39.8 Å². The predicted octanol–water partition coefficient (Wildman–Crippen LogP) is 0.759. The van der Waals surface area contributed by atoms with Gasteiger partial charge in [-0.3, -0.25) is 0 Å². The highest BCUT2D eigenvalue weighted by molar-refractivity contribution is 4.83. The maximum Gasteiger partial charge on any atom is 0.0628 e. The van der Waals surface area contributed by atoms with E-state index in [0.29, 0.717) is 18.1 Å². The molecule has 0 saturated carbocycles. The summed E-state index contributed by atoms with van der Waals surface area (Å²) in [6.45, 7) is 10.1. The first-order chi connectivity index (χ1) is 10.7. The normalized spacial score (nSPS) is 36.7. The van der Waals surface area contributed by atoms with Gasteiger partial charge in [0, 0.05) is 44.9 Å². The highest BCUT2D eigenvalue weighted by Gasteiger charge is 2.25. The highest BCUT2D eigenvalue weighted by Crippen LogP contribution is 2.16. The lowest BCUT2D eigenvalue weighted by Crippen LogP contribution is -2.53. The average molecular weight is 313 g/mol. The molecule has 0 amide bonds. The first-order valence-corrected chi connectivity index (χ1v) is 9.07. The fourth-order valence-corrected chi connectivity index (χ4v) is 3.69. The monoisotopic (exact) mass is 312 g/mol. The Balaban J connectivity index is 1.94. The molecule has 0 radical (unpaired) electrons. The number of likely N-dealkylation sites (N-methyl/N-ethyl adjacent to an activating group) is 1. The lowest BCUT2D eigenvalue weighted by atomic mass is 10.0. The van der Waals surface area contributed by atoms with Gasteiger partial charge in [0.05, 0.1) is 6.61 Å². The van der Waals surface area contributed by atoms with Crippen LogP contribution >= 0.6 is 0 Å². The van der Waals surface area contributed by atoms with Crippen molar-refractivity contribution >= 4 is 0 Å². The average Bonchev–Trinajstić information content (AvgIpc) is 2.52. The molecule has 22 heavy (non-hydrogen) atoms. The third-order valence-corrected chi connectivity index (χ3v) is 5.09. The molecule has 0 spiro atoms. The molecular formula is C17H36N4O. The number of ether oxygens (including phenoxy) is 1. The summed E-state index contributed by atoms with van der Waals surface area (Å²) in [7, 11) is 4.09. The number of hydrogen-bond acceptors (Lipinski definition) is 5. The third-order valence-electron chi connectivity index (χ3n) is 5.09. The molecule has 2 bridgehead atoms. The molecule has 0 aliphatic carbocycles. The summed E-state index contributed by atoms with van der Waals surface area (Å²) in [6, 6.07) is 1.64. The van der Waals surface area contributed by atoms with Crippen molar-refractivity contribution in [1.82, 2.24) is 20.4 Å². The second-order valence-electron chi connectivity index (χ2n) is 7.16. The number of fused-ring (bicyclic) bond motifs is 2. The van der Waals surface area contributed by atoms with Crippen molar-refractivity contribution < 1.29 is 4.74 Å². The van der Waals surface area contributed by atoms with Crippen LogP contribution in [0.5, 0.6) is 0 Å². The summed E-state index contributed by atoms with van der Waals surface area (Å²) >= 11 is 0. The summed E-state index contributed by atoms with van der Waals surface area (Å²) in [4.78, 5) is 5.21. The molecule has 5 nitrogen and oxygen atoms in total. The van der Waals surface area contributed by atoms with Crippen molar-refractivity contribution in [3.8, 4) is 0 Å². The van der Waals surface area contributed by atoms with E-state index in [1.54, 1.807) is 7.11 Å². The molecule has 0 aromatic carbocycles. The van der Waals surface area contributed by atoms with Crippen molar-refractivity contribution in [2.24, 2.45) is 0 Å². The molecule has 130 valence electrons. The van der Waals surface area contributed by atoms with Gasteiger partial charge in [-0.1, -0.05) is 0 Å². The van der Waals surface area contributed by atoms with E-state index in [4.69, 9.17) is 4.74 Å². The lowest BCUT2D eigenvalue weighted by molar-refractivity contribution is 0.0880. The molecule has 5 heteroatoms. The van der Waals surface area contributed by atoms with E-state index in [2.05, 4.69) is 34.4 Å². The predicted molar refractivity (Wildman–Crippen MR) is 92.5 cm³/mol. The fraction of sp³-hybridized carbons (Fsp3) is 1.00. The van der Waals surface area contributed by atoms with Gasteiger partial charge in [-0.05, 0) is 59.3 Å². The van der Waals surface area contributed by atoms with Gasteiger partial charge in [0.15, 0.2) is 0 Å². The quantitative estimate of drug-likeness (QED) is 0.788. The van der Waals surface area contributed by atoms with Crippen molar-refractivity contribution in [1.29, 1.82) is 0 Å². The largest absolute Gasteiger partial charge is 0.383 e. The molecule has 0 aromatic rings. The van der Waals surface area contributed by atoms with Crippen molar-refractivity contribution in [2.75, 3.05) is 60.0 Å². The summed E-state index contributed by atoms with van der Waals surface area (Å²) in [5.74, 6) is 0. The van der Waals surface area contributed by atoms with Crippen molar-refractivity contribution in [3.63, 3.8) is 0 Å². The van der Waals surface area contributed by atoms with Gasteiger partial charge in [0.1, 0.15) is 0 Å². The van der Waals surface area contributed by atoms with E-state index in [1.165, 1.54) is 45.3 Å². The maximum atomic E-state index is 5.42. The van der Waals surface area contributed by atoms with Crippen LogP contribution in [-0.4, -0.2) is 88.0 Å². The first kappa shape index (κ1) is 18.1. The smallest absolute Gasteiger partial charge is 0.0628 e. The molecular weight excluding hydrogens is 276 g/mol. The standard InChI is InChI=1S/C17H36N4O/c1-15-11-19-16(14-22-3)12-20(2)17-7-6-10-21(13-17)9-5-4-8-18-15/h15-19H,4-14H2,1-3H3. The van der Waals surface area contributed by atoms with Gasteiger partial charge in [-0.25, -0.2) is 0 Å². The lowest BCUT2D eigenvalue weighted by Gasteiger charge is -2.39. The minimum absolute atomic E-state index is 0.414. The summed E-state index contributed by atoms with van der Waals surface area (Å²) in [5.41, 5.74) is 0. The number of hydrogen-bond donors (Lipinski definition) is 2. The number of methoxy groups -OCH3 is 1. The summed E-state index contributed by atoms with van der Waals surface area (Å²) < 4.78 is 5.42. The molecule has 2 heterocycles. The van der Waals surface area contributed by atoms with Crippen molar-refractivity contribution in [3.05, 3.63) is 0 Å². The molecule has 2 aliphatic heterocycles. The van der Waals surface area contributed by atoms with Crippen LogP contribution in [0.4, 0.5) is 0 Å². The van der Waals surface area contributed by atoms with Gasteiger partial charge in [0.2, 0.25) is 0 Å². The second-order valence-corrected chi connectivity index (χ2v) is 7.16. The fourth-order valence-electron chi connectivity index (χ4n) is 3.69. The van der Waals surface area contributed by atoms with Gasteiger partial charge >= 0.3 is 0 Å². The van der Waals surface area contributed by atoms with Crippen LogP contribution in [0.3, 0.4) is 0 Å². The summed E-state index contributed by atoms with van der Waals surface area (Å²) in [5, 5.41) is 7.32. The highest BCUT2D eigenvalue weighted by atomic mass is 16.5. The summed E-state index contributed by atoms with van der Waals surface area (Å²) in [6.07, 6.45) is 5.27. The van der Waals surface area contributed by atoms with Gasteiger partial charge in [-0.15, -0.1) is 0 Å². The molecule has 4 atom stereocenters. The van der Waals surface area contributed by atoms with E-state index in [-0.39, 0.29) is 0 Å². The Hall–Kier alpha value is -0.200. The van der Waals surface area contributed by atoms with Crippen LogP contribution in [-0.2, 0) is 4.74 Å². The number of rotatable bonds is 2. The zero-order valence-electron chi connectivity index (χ0n) is 14.8. The van der Waals surface area contributed by atoms with Gasteiger partial charge < -0.3 is 25.2 Å². The third kappa shape index (κ3) is 6.13. The Morgan fingerprint density at radius 1 is 1.09 bits per heavy atom. The van der Waals surface area contributed by atoms with Crippen LogP contribution in [0.25, 0.3) is 0 Å². The molecule has 0 aromatic heterocycles. The van der Waals surface area contributed by atoms with Crippen LogP contribution < -0.4 is 10.6 Å². The first-order valence-electron chi connectivity index (χ1n) is 9.07. The molecule has 4 unspecified atom stereocenters.